The lowest BCUT2D eigenvalue weighted by Crippen LogP contribution is -2.34. The number of hydrogen-bond donors (Lipinski definition) is 0. The van der Waals surface area contributed by atoms with Crippen LogP contribution in [0.1, 0.15) is 24.0 Å². The largest absolute Gasteiger partial charge is 0.335 e. The van der Waals surface area contributed by atoms with Gasteiger partial charge in [0.2, 0.25) is 5.91 Å². The van der Waals surface area contributed by atoms with Gasteiger partial charge in [0.25, 0.3) is 0 Å². The van der Waals surface area contributed by atoms with Gasteiger partial charge in [-0.3, -0.25) is 9.78 Å². The van der Waals surface area contributed by atoms with E-state index in [9.17, 15) is 4.79 Å². The molecule has 0 atom stereocenters. The summed E-state index contributed by atoms with van der Waals surface area (Å²) < 4.78 is 1.07. The van der Waals surface area contributed by atoms with E-state index in [0.717, 1.165) is 22.9 Å². The smallest absolute Gasteiger partial charge is 0.233 e. The van der Waals surface area contributed by atoms with Crippen molar-refractivity contribution in [2.24, 2.45) is 0 Å². The number of thioether (sulfide) groups is 1. The first-order chi connectivity index (χ1) is 11.1. The van der Waals surface area contributed by atoms with E-state index in [1.807, 2.05) is 29.3 Å². The first-order valence-electron chi connectivity index (χ1n) is 7.71. The molecule has 1 aromatic carbocycles. The molecule has 2 aromatic rings. The number of carbonyl (C=O) groups is 1. The fourth-order valence-electron chi connectivity index (χ4n) is 2.49. The molecule has 1 aliphatic rings. The van der Waals surface area contributed by atoms with Crippen LogP contribution in [0.25, 0.3) is 0 Å². The molecule has 1 fully saturated rings. The van der Waals surface area contributed by atoms with E-state index in [4.69, 9.17) is 0 Å². The topological polar surface area (TPSA) is 33.2 Å². The van der Waals surface area contributed by atoms with Gasteiger partial charge in [0, 0.05) is 34.3 Å². The number of carbonyl (C=O) groups excluding carboxylic acids is 1. The summed E-state index contributed by atoms with van der Waals surface area (Å²) in [6.07, 6.45) is 5.84. The number of rotatable bonds is 6. The third-order valence-corrected chi connectivity index (χ3v) is 5.53. The van der Waals surface area contributed by atoms with Crippen molar-refractivity contribution < 1.29 is 4.79 Å². The lowest BCUT2D eigenvalue weighted by atomic mass is 10.2. The molecule has 0 unspecified atom stereocenters. The lowest BCUT2D eigenvalue weighted by Gasteiger charge is -2.22. The van der Waals surface area contributed by atoms with Gasteiger partial charge in [-0.1, -0.05) is 22.0 Å². The monoisotopic (exact) mass is 390 g/mol. The highest BCUT2D eigenvalue weighted by Gasteiger charge is 2.32. The van der Waals surface area contributed by atoms with E-state index in [0.29, 0.717) is 18.3 Å². The molecule has 1 saturated carbocycles. The number of nitrogens with zero attached hydrogens (tertiary/aromatic N) is 2. The molecule has 0 bridgehead atoms. The average molecular weight is 391 g/mol. The molecular weight excluding hydrogens is 372 g/mol. The molecule has 1 aliphatic carbocycles. The van der Waals surface area contributed by atoms with Crippen LogP contribution in [0.2, 0.25) is 0 Å². The first-order valence-corrected chi connectivity index (χ1v) is 9.48. The summed E-state index contributed by atoms with van der Waals surface area (Å²) >= 11 is 5.09. The number of benzene rings is 1. The summed E-state index contributed by atoms with van der Waals surface area (Å²) in [7, 11) is 0. The molecule has 3 rings (SSSR count). The van der Waals surface area contributed by atoms with Crippen LogP contribution in [0.4, 0.5) is 0 Å². The van der Waals surface area contributed by atoms with Gasteiger partial charge in [-0.25, -0.2) is 0 Å². The summed E-state index contributed by atoms with van der Waals surface area (Å²) in [5.74, 6) is 0.697. The Morgan fingerprint density at radius 1 is 1.39 bits per heavy atom. The Balaban J connectivity index is 1.62. The minimum absolute atomic E-state index is 0.212. The van der Waals surface area contributed by atoms with E-state index in [1.54, 1.807) is 18.0 Å². The second-order valence-corrected chi connectivity index (χ2v) is 7.75. The summed E-state index contributed by atoms with van der Waals surface area (Å²) in [5.41, 5.74) is 2.29. The number of halogens is 1. The van der Waals surface area contributed by atoms with Crippen LogP contribution in [0.5, 0.6) is 0 Å². The second kappa shape index (κ2) is 7.49. The molecular formula is C18H19BrN2OS. The average Bonchev–Trinajstić information content (AvgIpc) is 3.37. The Hall–Kier alpha value is -1.33. The highest BCUT2D eigenvalue weighted by atomic mass is 79.9. The lowest BCUT2D eigenvalue weighted by molar-refractivity contribution is -0.129. The number of pyridine rings is 1. The van der Waals surface area contributed by atoms with Crippen LogP contribution in [-0.2, 0) is 11.3 Å². The van der Waals surface area contributed by atoms with E-state index < -0.39 is 0 Å². The van der Waals surface area contributed by atoms with Gasteiger partial charge in [0.15, 0.2) is 0 Å². The number of aromatic nitrogens is 1. The molecule has 5 heteroatoms. The zero-order valence-electron chi connectivity index (χ0n) is 13.0. The molecule has 0 saturated heterocycles. The molecule has 1 aromatic heterocycles. The molecule has 0 aliphatic heterocycles. The van der Waals surface area contributed by atoms with Crippen molar-refractivity contribution in [2.75, 3.05) is 5.75 Å². The Morgan fingerprint density at radius 3 is 2.87 bits per heavy atom. The van der Waals surface area contributed by atoms with Gasteiger partial charge in [-0.05, 0) is 55.2 Å². The summed E-state index contributed by atoms with van der Waals surface area (Å²) in [5, 5.41) is 0. The van der Waals surface area contributed by atoms with Gasteiger partial charge >= 0.3 is 0 Å². The van der Waals surface area contributed by atoms with E-state index >= 15 is 0 Å². The quantitative estimate of drug-likeness (QED) is 0.683. The molecule has 0 N–H and O–H groups in total. The Kier molecular flexibility index (Phi) is 5.38. The van der Waals surface area contributed by atoms with Crippen LogP contribution < -0.4 is 0 Å². The van der Waals surface area contributed by atoms with Gasteiger partial charge in [-0.15, -0.1) is 11.8 Å². The summed E-state index contributed by atoms with van der Waals surface area (Å²) in [4.78, 5) is 20.0. The third-order valence-electron chi connectivity index (χ3n) is 3.87. The van der Waals surface area contributed by atoms with Crippen LogP contribution in [0, 0.1) is 6.92 Å². The highest BCUT2D eigenvalue weighted by Crippen LogP contribution is 2.30. The van der Waals surface area contributed by atoms with Gasteiger partial charge in [0.1, 0.15) is 0 Å². The molecule has 1 amide bonds. The standard InChI is InChI=1S/C18H19BrN2OS/c1-13-9-15(19)4-7-17(13)23-12-18(22)21(16-5-6-16)11-14-3-2-8-20-10-14/h2-4,7-10,16H,5-6,11-12H2,1H3. The van der Waals surface area contributed by atoms with Gasteiger partial charge in [-0.2, -0.15) is 0 Å². The molecule has 0 radical (unpaired) electrons. The predicted octanol–water partition coefficient (Wildman–Crippen LogP) is 4.44. The molecule has 1 heterocycles. The Morgan fingerprint density at radius 2 is 2.22 bits per heavy atom. The van der Waals surface area contributed by atoms with Crippen molar-refractivity contribution in [3.63, 3.8) is 0 Å². The molecule has 0 spiro atoms. The van der Waals surface area contributed by atoms with Gasteiger partial charge in [0.05, 0.1) is 5.75 Å². The van der Waals surface area contributed by atoms with Crippen molar-refractivity contribution in [1.29, 1.82) is 0 Å². The Labute approximate surface area is 149 Å². The van der Waals surface area contributed by atoms with E-state index in [2.05, 4.69) is 40.0 Å². The molecule has 3 nitrogen and oxygen atoms in total. The Bertz CT molecular complexity index is 689. The SMILES string of the molecule is Cc1cc(Br)ccc1SCC(=O)N(Cc1cccnc1)C1CC1. The molecule has 120 valence electrons. The minimum atomic E-state index is 0.212. The maximum Gasteiger partial charge on any atom is 0.233 e. The van der Waals surface area contributed by atoms with E-state index in [1.165, 1.54) is 10.5 Å². The zero-order valence-corrected chi connectivity index (χ0v) is 15.4. The predicted molar refractivity (Wildman–Crippen MR) is 97.4 cm³/mol. The maximum atomic E-state index is 12.7. The fraction of sp³-hybridized carbons (Fsp3) is 0.333. The van der Waals surface area contributed by atoms with Crippen molar-refractivity contribution in [3.05, 3.63) is 58.3 Å². The number of aryl methyl sites for hydroxylation is 1. The zero-order chi connectivity index (χ0) is 16.2. The fourth-order valence-corrected chi connectivity index (χ4v) is 3.86. The van der Waals surface area contributed by atoms with Crippen molar-refractivity contribution in [2.45, 2.75) is 37.2 Å². The number of amides is 1. The summed E-state index contributed by atoms with van der Waals surface area (Å²) in [6, 6.07) is 10.5. The first kappa shape index (κ1) is 16.5. The van der Waals surface area contributed by atoms with E-state index in [-0.39, 0.29) is 5.91 Å². The summed E-state index contributed by atoms with van der Waals surface area (Å²) in [6.45, 7) is 2.74. The van der Waals surface area contributed by atoms with Crippen LogP contribution in [-0.4, -0.2) is 27.6 Å². The third kappa shape index (κ3) is 4.58. The second-order valence-electron chi connectivity index (χ2n) is 5.81. The minimum Gasteiger partial charge on any atom is -0.335 e. The van der Waals surface area contributed by atoms with Gasteiger partial charge < -0.3 is 4.90 Å². The van der Waals surface area contributed by atoms with Crippen LogP contribution in [0.15, 0.2) is 52.1 Å². The van der Waals surface area contributed by atoms with Crippen molar-refractivity contribution >= 4 is 33.6 Å². The van der Waals surface area contributed by atoms with Crippen molar-refractivity contribution in [3.8, 4) is 0 Å². The van der Waals surface area contributed by atoms with Crippen molar-refractivity contribution in [1.82, 2.24) is 9.88 Å². The normalized spacial score (nSPS) is 13.8. The number of hydrogen-bond acceptors (Lipinski definition) is 3. The maximum absolute atomic E-state index is 12.7. The molecule has 23 heavy (non-hydrogen) atoms. The van der Waals surface area contributed by atoms with Crippen LogP contribution >= 0.6 is 27.7 Å². The van der Waals surface area contributed by atoms with Crippen LogP contribution in [0.3, 0.4) is 0 Å². The highest BCUT2D eigenvalue weighted by molar-refractivity contribution is 9.10.